The summed E-state index contributed by atoms with van der Waals surface area (Å²) < 4.78 is 41.0. The number of ether oxygens (including phenoxy) is 1. The van der Waals surface area contributed by atoms with Crippen molar-refractivity contribution in [3.05, 3.63) is 40.6 Å². The lowest BCUT2D eigenvalue weighted by molar-refractivity contribution is -0.323. The molecule has 0 amide bonds. The molecule has 11 heteroatoms. The maximum Gasteiger partial charge on any atom is 0.263 e. The summed E-state index contributed by atoms with van der Waals surface area (Å²) in [6.07, 6.45) is 1.91. The summed E-state index contributed by atoms with van der Waals surface area (Å²) in [6, 6.07) is 4.18. The molecular weight excluding hydrogens is 397 g/mol. The van der Waals surface area contributed by atoms with Crippen LogP contribution in [0.5, 0.6) is 0 Å². The molecule has 4 N–H and O–H groups in total. The van der Waals surface area contributed by atoms with E-state index < -0.39 is 21.8 Å². The molecule has 23 heavy (non-hydrogen) atoms. The molecule has 8 nitrogen and oxygen atoms in total. The normalized spacial score (nSPS) is 24.7. The zero-order valence-electron chi connectivity index (χ0n) is 11.7. The van der Waals surface area contributed by atoms with E-state index in [1.54, 1.807) is 0 Å². The van der Waals surface area contributed by atoms with Crippen LogP contribution in [0.1, 0.15) is 6.42 Å². The first kappa shape index (κ1) is 16.8. The molecule has 1 aromatic carbocycles. The van der Waals surface area contributed by atoms with E-state index in [2.05, 4.69) is 20.7 Å². The molecule has 1 unspecified atom stereocenters. The third-order valence-corrected chi connectivity index (χ3v) is 5.94. The highest BCUT2D eigenvalue weighted by molar-refractivity contribution is 9.10. The van der Waals surface area contributed by atoms with E-state index in [1.807, 2.05) is 0 Å². The molecule has 1 aromatic rings. The fourth-order valence-electron chi connectivity index (χ4n) is 2.14. The van der Waals surface area contributed by atoms with Crippen LogP contribution < -0.4 is 9.79 Å². The van der Waals surface area contributed by atoms with Gasteiger partial charge in [0, 0.05) is 6.54 Å². The molecule has 2 heterocycles. The van der Waals surface area contributed by atoms with E-state index in [0.717, 1.165) is 0 Å². The number of hydrogen-bond acceptors (Lipinski definition) is 8. The lowest BCUT2D eigenvalue weighted by Gasteiger charge is -2.33. The van der Waals surface area contributed by atoms with Crippen molar-refractivity contribution in [1.82, 2.24) is 9.95 Å². The molecule has 0 radical (unpaired) electrons. The topological polar surface area (TPSA) is 97.7 Å². The van der Waals surface area contributed by atoms with Crippen molar-refractivity contribution < 1.29 is 28.4 Å². The van der Waals surface area contributed by atoms with Crippen molar-refractivity contribution in [2.75, 3.05) is 18.2 Å². The Hall–Kier alpha value is -1.08. The number of anilines is 1. The minimum absolute atomic E-state index is 0.00252. The van der Waals surface area contributed by atoms with Crippen LogP contribution in [0.3, 0.4) is 0 Å². The van der Waals surface area contributed by atoms with Crippen LogP contribution in [-0.2, 0) is 9.68 Å². The number of rotatable bonds is 4. The third-order valence-electron chi connectivity index (χ3n) is 3.40. The van der Waals surface area contributed by atoms with E-state index in [0.29, 0.717) is 23.9 Å². The number of nitrogens with zero attached hydrogens (tertiary/aromatic N) is 2. The van der Waals surface area contributed by atoms with Crippen LogP contribution in [0, 0.1) is 5.82 Å². The lowest BCUT2D eigenvalue weighted by atomic mass is 10.3. The Morgan fingerprint density at radius 3 is 2.91 bits per heavy atom. The van der Waals surface area contributed by atoms with Gasteiger partial charge in [-0.25, -0.2) is 9.11 Å². The van der Waals surface area contributed by atoms with Crippen molar-refractivity contribution in [2.45, 2.75) is 11.7 Å². The van der Waals surface area contributed by atoms with Crippen LogP contribution in [-0.4, -0.2) is 37.9 Å². The van der Waals surface area contributed by atoms with Gasteiger partial charge >= 0.3 is 0 Å². The monoisotopic (exact) mass is 411 g/mol. The van der Waals surface area contributed by atoms with Gasteiger partial charge in [0.05, 0.1) is 15.4 Å². The van der Waals surface area contributed by atoms with Crippen LogP contribution in [0.15, 0.2) is 34.8 Å². The molecule has 2 aliphatic heterocycles. The number of hydrogen-bond donors (Lipinski definition) is 4. The SMILES string of the molecule is ON1ON(c2ccc(F)c(Br)c2)C=C1OCC1CCNS1(O)O. The highest BCUT2D eigenvalue weighted by Crippen LogP contribution is 2.45. The van der Waals surface area contributed by atoms with Crippen LogP contribution in [0.2, 0.25) is 0 Å². The van der Waals surface area contributed by atoms with Gasteiger partial charge in [-0.05, 0) is 40.5 Å². The maximum absolute atomic E-state index is 13.2. The quantitative estimate of drug-likeness (QED) is 0.600. The molecule has 0 spiro atoms. The molecule has 128 valence electrons. The van der Waals surface area contributed by atoms with E-state index in [9.17, 15) is 18.7 Å². The first-order valence-corrected chi connectivity index (χ1v) is 9.05. The zero-order valence-corrected chi connectivity index (χ0v) is 14.1. The van der Waals surface area contributed by atoms with Crippen molar-refractivity contribution in [3.63, 3.8) is 0 Å². The van der Waals surface area contributed by atoms with Gasteiger partial charge in [0.25, 0.3) is 5.88 Å². The number of nitrogens with one attached hydrogen (secondary N) is 1. The summed E-state index contributed by atoms with van der Waals surface area (Å²) in [5, 5.41) is 10.8. The van der Waals surface area contributed by atoms with E-state index in [1.165, 1.54) is 29.5 Å². The Labute approximate surface area is 141 Å². The molecule has 1 fully saturated rings. The molecule has 3 rings (SSSR count). The van der Waals surface area contributed by atoms with Crippen LogP contribution >= 0.6 is 26.7 Å². The summed E-state index contributed by atoms with van der Waals surface area (Å²) in [6.45, 7) is 0.493. The van der Waals surface area contributed by atoms with Gasteiger partial charge in [0.15, 0.2) is 0 Å². The molecular formula is C12H15BrFN3O5S. The summed E-state index contributed by atoms with van der Waals surface area (Å²) in [5.41, 5.74) is 0.461. The molecule has 0 saturated carbocycles. The lowest BCUT2D eigenvalue weighted by Crippen LogP contribution is -2.25. The zero-order chi connectivity index (χ0) is 16.6. The maximum atomic E-state index is 13.2. The Bertz CT molecular complexity index is 635. The minimum atomic E-state index is -2.88. The van der Waals surface area contributed by atoms with E-state index >= 15 is 0 Å². The standard InChI is InChI=1S/C12H15BrFN3O5S/c13-10-5-8(1-2-11(10)14)16-6-12(17(18)22-16)21-7-9-3-4-15-23(9,19)20/h1-2,5-6,9,15,18-20H,3-4,7H2. The molecule has 2 aliphatic rings. The minimum Gasteiger partial charge on any atom is -0.473 e. The molecule has 1 saturated heterocycles. The first-order valence-electron chi connectivity index (χ1n) is 6.64. The summed E-state index contributed by atoms with van der Waals surface area (Å²) in [4.78, 5) is 5.05. The largest absolute Gasteiger partial charge is 0.473 e. The van der Waals surface area contributed by atoms with Gasteiger partial charge in [-0.3, -0.25) is 14.3 Å². The van der Waals surface area contributed by atoms with E-state index in [4.69, 9.17) is 9.68 Å². The highest BCUT2D eigenvalue weighted by Gasteiger charge is 2.33. The Morgan fingerprint density at radius 1 is 1.48 bits per heavy atom. The van der Waals surface area contributed by atoms with Crippen LogP contribution in [0.4, 0.5) is 10.1 Å². The van der Waals surface area contributed by atoms with Crippen molar-refractivity contribution in [1.29, 1.82) is 0 Å². The molecule has 1 atom stereocenters. The second kappa shape index (κ2) is 6.43. The molecule has 0 bridgehead atoms. The van der Waals surface area contributed by atoms with Gasteiger partial charge < -0.3 is 4.74 Å². The summed E-state index contributed by atoms with van der Waals surface area (Å²) in [7, 11) is -2.88. The smallest absolute Gasteiger partial charge is 0.263 e. The fourth-order valence-corrected chi connectivity index (χ4v) is 3.87. The fraction of sp³-hybridized carbons (Fsp3) is 0.333. The summed E-state index contributed by atoms with van der Waals surface area (Å²) in [5.74, 6) is -0.444. The molecule has 0 aliphatic carbocycles. The first-order chi connectivity index (χ1) is 10.9. The molecule has 0 aromatic heterocycles. The van der Waals surface area contributed by atoms with E-state index in [-0.39, 0.29) is 17.0 Å². The number of hydroxylamine groups is 3. The van der Waals surface area contributed by atoms with Gasteiger partial charge in [0.1, 0.15) is 18.6 Å². The Morgan fingerprint density at radius 2 is 2.26 bits per heavy atom. The van der Waals surface area contributed by atoms with Gasteiger partial charge in [-0.2, -0.15) is 5.06 Å². The van der Waals surface area contributed by atoms with Crippen molar-refractivity contribution >= 4 is 32.4 Å². The Balaban J connectivity index is 1.66. The second-order valence-electron chi connectivity index (χ2n) is 4.96. The average molecular weight is 412 g/mol. The predicted octanol–water partition coefficient (Wildman–Crippen LogP) is 2.79. The van der Waals surface area contributed by atoms with Gasteiger partial charge in [0.2, 0.25) is 0 Å². The Kier molecular flexibility index (Phi) is 4.69. The number of halogens is 2. The predicted molar refractivity (Wildman–Crippen MR) is 84.6 cm³/mol. The van der Waals surface area contributed by atoms with Gasteiger partial charge in [-0.1, -0.05) is 5.23 Å². The van der Waals surface area contributed by atoms with Gasteiger partial charge in [-0.15, -0.1) is 15.7 Å². The third kappa shape index (κ3) is 3.55. The van der Waals surface area contributed by atoms with Crippen molar-refractivity contribution in [3.8, 4) is 0 Å². The average Bonchev–Trinajstić information content (AvgIpc) is 3.02. The highest BCUT2D eigenvalue weighted by atomic mass is 79.9. The second-order valence-corrected chi connectivity index (χ2v) is 7.95. The van der Waals surface area contributed by atoms with Crippen LogP contribution in [0.25, 0.3) is 0 Å². The van der Waals surface area contributed by atoms with Crippen molar-refractivity contribution in [2.24, 2.45) is 0 Å². The summed E-state index contributed by atoms with van der Waals surface area (Å²) >= 11 is 3.07. The number of benzene rings is 1.